The molecule has 0 bridgehead atoms. The Balaban J connectivity index is 2.44. The molecule has 21 heavy (non-hydrogen) atoms. The van der Waals surface area contributed by atoms with E-state index in [1.165, 1.54) is 25.3 Å². The molecule has 8 heteroatoms. The van der Waals surface area contributed by atoms with Gasteiger partial charge in [-0.3, -0.25) is 4.72 Å². The van der Waals surface area contributed by atoms with Crippen molar-refractivity contribution in [1.82, 2.24) is 0 Å². The lowest BCUT2D eigenvalue weighted by Crippen LogP contribution is -2.15. The minimum Gasteiger partial charge on any atom is -0.495 e. The van der Waals surface area contributed by atoms with Crippen LogP contribution in [-0.4, -0.2) is 15.5 Å². The normalized spacial score (nSPS) is 11.2. The summed E-state index contributed by atoms with van der Waals surface area (Å²) in [5.74, 6) is -0.678. The number of nitrogens with one attached hydrogen (secondary N) is 1. The van der Waals surface area contributed by atoms with Gasteiger partial charge < -0.3 is 10.5 Å². The lowest BCUT2D eigenvalue weighted by molar-refractivity contribution is 0.417. The summed E-state index contributed by atoms with van der Waals surface area (Å²) in [6, 6.07) is 7.73. The Kier molecular flexibility index (Phi) is 4.24. The second kappa shape index (κ2) is 5.79. The smallest absolute Gasteiger partial charge is 0.264 e. The molecule has 0 unspecified atom stereocenters. The van der Waals surface area contributed by atoms with Crippen LogP contribution in [0.2, 0.25) is 5.02 Å². The van der Waals surface area contributed by atoms with Gasteiger partial charge >= 0.3 is 0 Å². The maximum absolute atomic E-state index is 13.8. The number of benzene rings is 2. The highest BCUT2D eigenvalue weighted by atomic mass is 35.5. The number of methoxy groups -OCH3 is 1. The van der Waals surface area contributed by atoms with Gasteiger partial charge in [-0.2, -0.15) is 0 Å². The van der Waals surface area contributed by atoms with Crippen LogP contribution in [0.1, 0.15) is 0 Å². The second-order valence-electron chi connectivity index (χ2n) is 4.14. The van der Waals surface area contributed by atoms with E-state index in [4.69, 9.17) is 22.1 Å². The van der Waals surface area contributed by atoms with Crippen molar-refractivity contribution in [2.45, 2.75) is 4.90 Å². The van der Waals surface area contributed by atoms with Crippen molar-refractivity contribution in [3.05, 3.63) is 47.2 Å². The molecule has 0 radical (unpaired) electrons. The third-order valence-electron chi connectivity index (χ3n) is 2.65. The fourth-order valence-corrected chi connectivity index (χ4v) is 2.99. The molecule has 0 fully saturated rings. The van der Waals surface area contributed by atoms with Gasteiger partial charge in [0.05, 0.1) is 12.8 Å². The van der Waals surface area contributed by atoms with Crippen LogP contribution in [-0.2, 0) is 10.0 Å². The Labute approximate surface area is 126 Å². The first kappa shape index (κ1) is 15.4. The number of nitrogens with two attached hydrogens (primary N) is 1. The van der Waals surface area contributed by atoms with E-state index in [-0.39, 0.29) is 17.1 Å². The molecule has 0 saturated carbocycles. The van der Waals surface area contributed by atoms with E-state index in [0.717, 1.165) is 12.1 Å². The monoisotopic (exact) mass is 330 g/mol. The Hall–Kier alpha value is -1.99. The number of ether oxygens (including phenoxy) is 1. The van der Waals surface area contributed by atoms with Crippen LogP contribution in [0.3, 0.4) is 0 Å². The van der Waals surface area contributed by atoms with Gasteiger partial charge in [-0.05, 0) is 36.4 Å². The third kappa shape index (κ3) is 3.37. The Bertz CT molecular complexity index is 781. The minimum absolute atomic E-state index is 0.112. The van der Waals surface area contributed by atoms with Crippen LogP contribution >= 0.6 is 11.6 Å². The van der Waals surface area contributed by atoms with Gasteiger partial charge in [0.1, 0.15) is 16.5 Å². The van der Waals surface area contributed by atoms with Crippen LogP contribution in [0.4, 0.5) is 15.8 Å². The van der Waals surface area contributed by atoms with Gasteiger partial charge in [-0.1, -0.05) is 11.6 Å². The Morgan fingerprint density at radius 2 is 1.95 bits per heavy atom. The highest BCUT2D eigenvalue weighted by Gasteiger charge is 2.21. The molecule has 2 aromatic rings. The van der Waals surface area contributed by atoms with E-state index in [0.29, 0.717) is 5.02 Å². The van der Waals surface area contributed by atoms with E-state index < -0.39 is 20.7 Å². The zero-order valence-electron chi connectivity index (χ0n) is 10.9. The Morgan fingerprint density at radius 1 is 1.24 bits per heavy atom. The van der Waals surface area contributed by atoms with Crippen molar-refractivity contribution in [2.75, 3.05) is 17.6 Å². The summed E-state index contributed by atoms with van der Waals surface area (Å²) in [4.78, 5) is -0.515. The third-order valence-corrected chi connectivity index (χ3v) is 4.29. The van der Waals surface area contributed by atoms with Crippen LogP contribution in [0.25, 0.3) is 0 Å². The standard InChI is InChI=1S/C13H12ClFN2O3S/c1-20-12-4-2-8(14)6-11(12)17-21(18,19)13-5-3-9(16)7-10(13)15/h2-7,17H,16H2,1H3. The van der Waals surface area contributed by atoms with Crippen molar-refractivity contribution < 1.29 is 17.5 Å². The molecule has 5 nitrogen and oxygen atoms in total. The maximum atomic E-state index is 13.8. The Morgan fingerprint density at radius 3 is 2.57 bits per heavy atom. The van der Waals surface area contributed by atoms with Crippen molar-refractivity contribution in [2.24, 2.45) is 0 Å². The number of anilines is 2. The van der Waals surface area contributed by atoms with E-state index >= 15 is 0 Å². The first-order valence-electron chi connectivity index (χ1n) is 5.75. The van der Waals surface area contributed by atoms with Gasteiger partial charge in [0.15, 0.2) is 0 Å². The summed E-state index contributed by atoms with van der Waals surface area (Å²) in [6.07, 6.45) is 0. The van der Waals surface area contributed by atoms with Gasteiger partial charge in [-0.15, -0.1) is 0 Å². The lowest BCUT2D eigenvalue weighted by Gasteiger charge is -2.12. The zero-order chi connectivity index (χ0) is 15.6. The highest BCUT2D eigenvalue weighted by molar-refractivity contribution is 7.92. The molecule has 0 atom stereocenters. The number of hydrogen-bond donors (Lipinski definition) is 2. The summed E-state index contributed by atoms with van der Waals surface area (Å²) in [7, 11) is -2.75. The summed E-state index contributed by atoms with van der Waals surface area (Å²) in [5.41, 5.74) is 5.64. The molecular formula is C13H12ClFN2O3S. The van der Waals surface area contributed by atoms with Crippen molar-refractivity contribution in [1.29, 1.82) is 0 Å². The van der Waals surface area contributed by atoms with Gasteiger partial charge in [0.25, 0.3) is 10.0 Å². The zero-order valence-corrected chi connectivity index (χ0v) is 12.5. The fourth-order valence-electron chi connectivity index (χ4n) is 1.69. The van der Waals surface area contributed by atoms with Gasteiger partial charge in [0, 0.05) is 10.7 Å². The van der Waals surface area contributed by atoms with Gasteiger partial charge in [0.2, 0.25) is 0 Å². The van der Waals surface area contributed by atoms with Gasteiger partial charge in [-0.25, -0.2) is 12.8 Å². The number of rotatable bonds is 4. The summed E-state index contributed by atoms with van der Waals surface area (Å²) < 4.78 is 45.5. The molecule has 0 aliphatic rings. The van der Waals surface area contributed by atoms with Crippen LogP contribution in [0.5, 0.6) is 5.75 Å². The molecule has 0 spiro atoms. The molecule has 0 saturated heterocycles. The van der Waals surface area contributed by atoms with Crippen molar-refractivity contribution >= 4 is 33.0 Å². The van der Waals surface area contributed by atoms with E-state index in [1.54, 1.807) is 6.07 Å². The molecule has 0 amide bonds. The molecule has 2 aromatic carbocycles. The first-order chi connectivity index (χ1) is 9.83. The molecule has 3 N–H and O–H groups in total. The summed E-state index contributed by atoms with van der Waals surface area (Å²) >= 11 is 5.82. The summed E-state index contributed by atoms with van der Waals surface area (Å²) in [5, 5.41) is 0.311. The van der Waals surface area contributed by atoms with E-state index in [9.17, 15) is 12.8 Å². The van der Waals surface area contributed by atoms with E-state index in [2.05, 4.69) is 4.72 Å². The maximum Gasteiger partial charge on any atom is 0.264 e. The number of halogens is 2. The molecule has 0 heterocycles. The lowest BCUT2D eigenvalue weighted by atomic mass is 10.3. The largest absolute Gasteiger partial charge is 0.495 e. The first-order valence-corrected chi connectivity index (χ1v) is 7.61. The molecule has 2 rings (SSSR count). The molecular weight excluding hydrogens is 319 g/mol. The van der Waals surface area contributed by atoms with Crippen molar-refractivity contribution in [3.8, 4) is 5.75 Å². The average Bonchev–Trinajstić information content (AvgIpc) is 2.37. The SMILES string of the molecule is COc1ccc(Cl)cc1NS(=O)(=O)c1ccc(N)cc1F. The average molecular weight is 331 g/mol. The second-order valence-corrected chi connectivity index (χ2v) is 6.23. The highest BCUT2D eigenvalue weighted by Crippen LogP contribution is 2.30. The molecule has 0 aliphatic carbocycles. The van der Waals surface area contributed by atoms with Crippen molar-refractivity contribution in [3.63, 3.8) is 0 Å². The molecule has 0 aliphatic heterocycles. The molecule has 0 aromatic heterocycles. The number of hydrogen-bond acceptors (Lipinski definition) is 4. The fraction of sp³-hybridized carbons (Fsp3) is 0.0769. The quantitative estimate of drug-likeness (QED) is 0.845. The number of nitrogen functional groups attached to an aromatic ring is 1. The van der Waals surface area contributed by atoms with Crippen LogP contribution in [0, 0.1) is 5.82 Å². The predicted octanol–water partition coefficient (Wildman–Crippen LogP) is 2.87. The minimum atomic E-state index is -4.13. The summed E-state index contributed by atoms with van der Waals surface area (Å²) in [6.45, 7) is 0. The number of sulfonamides is 1. The van der Waals surface area contributed by atoms with Crippen LogP contribution in [0.15, 0.2) is 41.3 Å². The molecule has 112 valence electrons. The predicted molar refractivity (Wildman–Crippen MR) is 79.6 cm³/mol. The van der Waals surface area contributed by atoms with E-state index in [1.807, 2.05) is 0 Å². The topological polar surface area (TPSA) is 81.4 Å². The van der Waals surface area contributed by atoms with Crippen LogP contribution < -0.4 is 15.2 Å².